The van der Waals surface area contributed by atoms with Crippen LogP contribution in [-0.4, -0.2) is 42.2 Å². The average Bonchev–Trinajstić information content (AvgIpc) is 2.67. The van der Waals surface area contributed by atoms with Crippen LogP contribution in [0, 0.1) is 17.0 Å². The van der Waals surface area contributed by atoms with Crippen LogP contribution in [0.1, 0.15) is 21.5 Å². The van der Waals surface area contributed by atoms with Crippen LogP contribution in [0.25, 0.3) is 0 Å². The number of carboxylic acids is 1. The molecule has 9 nitrogen and oxygen atoms in total. The Morgan fingerprint density at radius 2 is 1.89 bits per heavy atom. The Bertz CT molecular complexity index is 879. The molecule has 0 aliphatic rings. The Hall–Kier alpha value is -3.62. The summed E-state index contributed by atoms with van der Waals surface area (Å²) in [5.74, 6) is -0.784. The van der Waals surface area contributed by atoms with Crippen LogP contribution in [0.3, 0.4) is 0 Å². The van der Waals surface area contributed by atoms with E-state index in [9.17, 15) is 19.7 Å². The molecule has 0 aromatic heterocycles. The lowest BCUT2D eigenvalue weighted by molar-refractivity contribution is -0.385. The molecule has 0 bridgehead atoms. The first-order valence-electron chi connectivity index (χ1n) is 8.36. The molecule has 0 spiro atoms. The quantitative estimate of drug-likeness (QED) is 0.498. The molecule has 0 saturated heterocycles. The standard InChI is InChI=1S/C19H20N2O7/c1-12-16(21(25)26)9-14(10-17(12)27-2)19(24)20-8-7-13-3-5-15(6-4-13)28-11-18(22)23/h3-6,9-10H,7-8,11H2,1-2H3,(H,20,24)(H,22,23). The number of nitro benzene ring substituents is 1. The zero-order valence-electron chi connectivity index (χ0n) is 15.4. The molecule has 0 fully saturated rings. The van der Waals surface area contributed by atoms with Gasteiger partial charge >= 0.3 is 5.97 Å². The van der Waals surface area contributed by atoms with Crippen LogP contribution in [-0.2, 0) is 11.2 Å². The van der Waals surface area contributed by atoms with E-state index in [4.69, 9.17) is 14.6 Å². The van der Waals surface area contributed by atoms with Crippen LogP contribution in [0.2, 0.25) is 0 Å². The zero-order valence-corrected chi connectivity index (χ0v) is 15.4. The number of benzene rings is 2. The number of nitro groups is 1. The van der Waals surface area contributed by atoms with Crippen molar-refractivity contribution in [2.24, 2.45) is 0 Å². The number of hydrogen-bond donors (Lipinski definition) is 2. The highest BCUT2D eigenvalue weighted by Gasteiger charge is 2.19. The van der Waals surface area contributed by atoms with Gasteiger partial charge in [0.05, 0.1) is 17.6 Å². The summed E-state index contributed by atoms with van der Waals surface area (Å²) in [5.41, 5.74) is 1.23. The number of amides is 1. The Morgan fingerprint density at radius 1 is 1.21 bits per heavy atom. The fraction of sp³-hybridized carbons (Fsp3) is 0.263. The predicted octanol–water partition coefficient (Wildman–Crippen LogP) is 2.35. The van der Waals surface area contributed by atoms with Gasteiger partial charge in [-0.3, -0.25) is 14.9 Å². The van der Waals surface area contributed by atoms with Crippen molar-refractivity contribution in [2.45, 2.75) is 13.3 Å². The van der Waals surface area contributed by atoms with E-state index >= 15 is 0 Å². The second-order valence-corrected chi connectivity index (χ2v) is 5.91. The summed E-state index contributed by atoms with van der Waals surface area (Å²) in [6.07, 6.45) is 0.524. The Balaban J connectivity index is 1.96. The second-order valence-electron chi connectivity index (χ2n) is 5.91. The average molecular weight is 388 g/mol. The molecule has 2 aromatic carbocycles. The molecule has 0 aliphatic carbocycles. The normalized spacial score (nSPS) is 10.2. The first kappa shape index (κ1) is 20.7. The molecule has 9 heteroatoms. The second kappa shape index (κ2) is 9.36. The van der Waals surface area contributed by atoms with Gasteiger partial charge in [0, 0.05) is 18.2 Å². The van der Waals surface area contributed by atoms with Crippen LogP contribution >= 0.6 is 0 Å². The third-order valence-electron chi connectivity index (χ3n) is 4.00. The molecule has 0 unspecified atom stereocenters. The van der Waals surface area contributed by atoms with Crippen molar-refractivity contribution in [3.05, 3.63) is 63.2 Å². The number of aliphatic carboxylic acids is 1. The molecule has 2 aromatic rings. The molecule has 0 heterocycles. The summed E-state index contributed by atoms with van der Waals surface area (Å²) >= 11 is 0. The zero-order chi connectivity index (χ0) is 20.7. The van der Waals surface area contributed by atoms with Gasteiger partial charge in [-0.05, 0) is 37.1 Å². The van der Waals surface area contributed by atoms with Gasteiger partial charge in [-0.15, -0.1) is 0 Å². The monoisotopic (exact) mass is 388 g/mol. The van der Waals surface area contributed by atoms with Crippen molar-refractivity contribution in [1.82, 2.24) is 5.32 Å². The highest BCUT2D eigenvalue weighted by atomic mass is 16.6. The van der Waals surface area contributed by atoms with E-state index in [0.717, 1.165) is 5.56 Å². The molecule has 2 rings (SSSR count). The summed E-state index contributed by atoms with van der Waals surface area (Å²) in [6.45, 7) is 1.46. The Labute approximate surface area is 161 Å². The first-order valence-corrected chi connectivity index (χ1v) is 8.36. The fourth-order valence-electron chi connectivity index (χ4n) is 2.53. The van der Waals surface area contributed by atoms with E-state index in [2.05, 4.69) is 5.32 Å². The molecule has 0 radical (unpaired) electrons. The summed E-state index contributed by atoms with van der Waals surface area (Å²) in [4.78, 5) is 33.4. The maximum absolute atomic E-state index is 12.3. The van der Waals surface area contributed by atoms with E-state index in [1.54, 1.807) is 31.2 Å². The van der Waals surface area contributed by atoms with Gasteiger partial charge in [0.2, 0.25) is 0 Å². The number of ether oxygens (including phenoxy) is 2. The van der Waals surface area contributed by atoms with Gasteiger partial charge < -0.3 is 19.9 Å². The summed E-state index contributed by atoms with van der Waals surface area (Å²) in [5, 5.41) is 22.4. The summed E-state index contributed by atoms with van der Waals surface area (Å²) < 4.78 is 10.2. The minimum absolute atomic E-state index is 0.145. The van der Waals surface area contributed by atoms with Crippen molar-refractivity contribution in [3.8, 4) is 11.5 Å². The lowest BCUT2D eigenvalue weighted by Gasteiger charge is -2.10. The molecule has 0 atom stereocenters. The van der Waals surface area contributed by atoms with Gasteiger partial charge in [0.1, 0.15) is 11.5 Å². The molecular weight excluding hydrogens is 368 g/mol. The van der Waals surface area contributed by atoms with Crippen LogP contribution < -0.4 is 14.8 Å². The third kappa shape index (κ3) is 5.44. The largest absolute Gasteiger partial charge is 0.496 e. The van der Waals surface area contributed by atoms with Crippen LogP contribution in [0.5, 0.6) is 11.5 Å². The third-order valence-corrected chi connectivity index (χ3v) is 4.00. The van der Waals surface area contributed by atoms with Gasteiger partial charge in [0.25, 0.3) is 11.6 Å². The molecule has 28 heavy (non-hydrogen) atoms. The van der Waals surface area contributed by atoms with Crippen LogP contribution in [0.4, 0.5) is 5.69 Å². The van der Waals surface area contributed by atoms with E-state index in [0.29, 0.717) is 24.3 Å². The van der Waals surface area contributed by atoms with Crippen molar-refractivity contribution in [2.75, 3.05) is 20.3 Å². The van der Waals surface area contributed by atoms with Crippen LogP contribution in [0.15, 0.2) is 36.4 Å². The summed E-state index contributed by atoms with van der Waals surface area (Å²) in [7, 11) is 1.39. The maximum Gasteiger partial charge on any atom is 0.341 e. The number of rotatable bonds is 9. The summed E-state index contributed by atoms with van der Waals surface area (Å²) in [6, 6.07) is 9.52. The van der Waals surface area contributed by atoms with Crippen molar-refractivity contribution in [3.63, 3.8) is 0 Å². The number of carboxylic acid groups (broad SMARTS) is 1. The molecule has 2 N–H and O–H groups in total. The predicted molar refractivity (Wildman–Crippen MR) is 100.0 cm³/mol. The fourth-order valence-corrected chi connectivity index (χ4v) is 2.53. The first-order chi connectivity index (χ1) is 13.3. The highest BCUT2D eigenvalue weighted by Crippen LogP contribution is 2.29. The SMILES string of the molecule is COc1cc(C(=O)NCCc2ccc(OCC(=O)O)cc2)cc([N+](=O)[O-])c1C. The molecule has 148 valence electrons. The van der Waals surface area contributed by atoms with E-state index in [1.165, 1.54) is 19.2 Å². The van der Waals surface area contributed by atoms with Crippen molar-refractivity contribution >= 4 is 17.6 Å². The van der Waals surface area contributed by atoms with Gasteiger partial charge in [0.15, 0.2) is 6.61 Å². The lowest BCUT2D eigenvalue weighted by atomic mass is 10.1. The number of nitrogens with one attached hydrogen (secondary N) is 1. The Kier molecular flexibility index (Phi) is 6.91. The van der Waals surface area contributed by atoms with Gasteiger partial charge in [-0.1, -0.05) is 12.1 Å². The topological polar surface area (TPSA) is 128 Å². The number of hydrogen-bond acceptors (Lipinski definition) is 6. The maximum atomic E-state index is 12.3. The number of methoxy groups -OCH3 is 1. The highest BCUT2D eigenvalue weighted by molar-refractivity contribution is 5.95. The minimum atomic E-state index is -1.06. The van der Waals surface area contributed by atoms with Crippen molar-refractivity contribution < 1.29 is 29.1 Å². The minimum Gasteiger partial charge on any atom is -0.496 e. The number of nitrogens with zero attached hydrogens (tertiary/aromatic N) is 1. The molecule has 0 saturated carbocycles. The van der Waals surface area contributed by atoms with Crippen molar-refractivity contribution in [1.29, 1.82) is 0 Å². The number of carbonyl (C=O) groups excluding carboxylic acids is 1. The smallest absolute Gasteiger partial charge is 0.341 e. The Morgan fingerprint density at radius 3 is 2.46 bits per heavy atom. The van der Waals surface area contributed by atoms with Gasteiger partial charge in [-0.25, -0.2) is 4.79 Å². The van der Waals surface area contributed by atoms with E-state index in [1.807, 2.05) is 0 Å². The molecule has 0 aliphatic heterocycles. The van der Waals surface area contributed by atoms with E-state index in [-0.39, 0.29) is 17.0 Å². The molecule has 1 amide bonds. The number of carbonyl (C=O) groups is 2. The molecular formula is C19H20N2O7. The van der Waals surface area contributed by atoms with E-state index < -0.39 is 23.4 Å². The lowest BCUT2D eigenvalue weighted by Crippen LogP contribution is -2.25. The van der Waals surface area contributed by atoms with Gasteiger partial charge in [-0.2, -0.15) is 0 Å².